The first-order valence-electron chi connectivity index (χ1n) is 6.23. The predicted molar refractivity (Wildman–Crippen MR) is 71.9 cm³/mol. The van der Waals surface area contributed by atoms with Crippen LogP contribution >= 0.6 is 11.5 Å². The van der Waals surface area contributed by atoms with Gasteiger partial charge in [0.15, 0.2) is 0 Å². The van der Waals surface area contributed by atoms with Crippen molar-refractivity contribution >= 4 is 22.6 Å². The summed E-state index contributed by atoms with van der Waals surface area (Å²) in [5.41, 5.74) is 0. The number of piperazine rings is 1. The molecule has 1 saturated heterocycles. The first-order chi connectivity index (χ1) is 8.66. The van der Waals surface area contributed by atoms with E-state index in [2.05, 4.69) is 33.8 Å². The average molecular weight is 269 g/mol. The molecule has 2 rings (SSSR count). The Kier molecular flexibility index (Phi) is 4.48. The Bertz CT molecular complexity index is 400. The van der Waals surface area contributed by atoms with Crippen molar-refractivity contribution in [2.24, 2.45) is 0 Å². The van der Waals surface area contributed by atoms with Crippen molar-refractivity contribution in [3.8, 4) is 0 Å². The van der Waals surface area contributed by atoms with Crippen LogP contribution in [0.3, 0.4) is 0 Å². The maximum absolute atomic E-state index is 11.9. The lowest BCUT2D eigenvalue weighted by atomic mass is 10.2. The highest BCUT2D eigenvalue weighted by atomic mass is 32.1. The average Bonchev–Trinajstić information content (AvgIpc) is 2.86. The Morgan fingerprint density at radius 3 is 2.83 bits per heavy atom. The molecule has 0 bridgehead atoms. The van der Waals surface area contributed by atoms with Crippen LogP contribution in [0, 0.1) is 0 Å². The molecule has 0 spiro atoms. The molecule has 1 fully saturated rings. The normalized spacial score (nSPS) is 16.1. The molecule has 2 heterocycles. The zero-order valence-corrected chi connectivity index (χ0v) is 11.6. The molecule has 0 aromatic carbocycles. The third-order valence-corrected chi connectivity index (χ3v) is 3.51. The topological polar surface area (TPSA) is 70.2 Å². The molecular formula is C11H19N5OS. The highest BCUT2D eigenvalue weighted by Crippen LogP contribution is 2.16. The molecule has 100 valence electrons. The lowest BCUT2D eigenvalue weighted by Crippen LogP contribution is -2.48. The van der Waals surface area contributed by atoms with Crippen molar-refractivity contribution in [3.63, 3.8) is 0 Å². The van der Waals surface area contributed by atoms with Crippen LogP contribution in [0.15, 0.2) is 0 Å². The maximum Gasteiger partial charge on any atom is 0.242 e. The van der Waals surface area contributed by atoms with Gasteiger partial charge in [-0.05, 0) is 0 Å². The first-order valence-corrected chi connectivity index (χ1v) is 7.00. The Balaban J connectivity index is 1.81. The van der Waals surface area contributed by atoms with Crippen LogP contribution in [-0.4, -0.2) is 52.9 Å². The van der Waals surface area contributed by atoms with Crippen LogP contribution in [0.2, 0.25) is 0 Å². The van der Waals surface area contributed by atoms with Crippen LogP contribution in [0.5, 0.6) is 0 Å². The van der Waals surface area contributed by atoms with E-state index in [0.717, 1.165) is 37.1 Å². The fourth-order valence-corrected chi connectivity index (χ4v) is 2.42. The second kappa shape index (κ2) is 6.10. The summed E-state index contributed by atoms with van der Waals surface area (Å²) in [7, 11) is 0. The summed E-state index contributed by atoms with van der Waals surface area (Å²) >= 11 is 1.31. The quantitative estimate of drug-likeness (QED) is 0.833. The van der Waals surface area contributed by atoms with Gasteiger partial charge in [0.25, 0.3) is 0 Å². The fourth-order valence-electron chi connectivity index (χ4n) is 1.72. The van der Waals surface area contributed by atoms with Gasteiger partial charge >= 0.3 is 0 Å². The van der Waals surface area contributed by atoms with E-state index >= 15 is 0 Å². The molecule has 18 heavy (non-hydrogen) atoms. The van der Waals surface area contributed by atoms with E-state index in [4.69, 9.17) is 0 Å². The molecule has 0 atom stereocenters. The molecular weight excluding hydrogens is 250 g/mol. The highest BCUT2D eigenvalue weighted by Gasteiger charge is 2.16. The number of carbonyl (C=O) groups excluding carboxylic acids is 1. The first kappa shape index (κ1) is 13.2. The SMILES string of the molecule is CC(C)c1nsc(NCC(=O)N2CCNCC2)n1. The second-order valence-corrected chi connectivity index (χ2v) is 5.35. The lowest BCUT2D eigenvalue weighted by molar-refractivity contribution is -0.129. The van der Waals surface area contributed by atoms with Crippen LogP contribution < -0.4 is 10.6 Å². The van der Waals surface area contributed by atoms with Crippen LogP contribution in [0.4, 0.5) is 5.13 Å². The van der Waals surface area contributed by atoms with Gasteiger partial charge in [0.1, 0.15) is 5.82 Å². The molecule has 1 aromatic heterocycles. The van der Waals surface area contributed by atoms with Crippen LogP contribution in [0.1, 0.15) is 25.6 Å². The van der Waals surface area contributed by atoms with Crippen molar-refractivity contribution in [2.45, 2.75) is 19.8 Å². The Morgan fingerprint density at radius 2 is 2.22 bits per heavy atom. The van der Waals surface area contributed by atoms with Gasteiger partial charge in [-0.1, -0.05) is 13.8 Å². The molecule has 0 saturated carbocycles. The minimum atomic E-state index is 0.123. The van der Waals surface area contributed by atoms with E-state index in [-0.39, 0.29) is 5.91 Å². The van der Waals surface area contributed by atoms with Crippen molar-refractivity contribution in [2.75, 3.05) is 38.0 Å². The van der Waals surface area contributed by atoms with Gasteiger partial charge in [-0.15, -0.1) is 0 Å². The zero-order valence-electron chi connectivity index (χ0n) is 10.8. The van der Waals surface area contributed by atoms with Gasteiger partial charge in [0, 0.05) is 43.6 Å². The van der Waals surface area contributed by atoms with E-state index in [1.807, 2.05) is 4.90 Å². The number of amides is 1. The number of aromatic nitrogens is 2. The van der Waals surface area contributed by atoms with E-state index in [9.17, 15) is 4.79 Å². The van der Waals surface area contributed by atoms with E-state index in [1.54, 1.807) is 0 Å². The summed E-state index contributed by atoms with van der Waals surface area (Å²) in [5, 5.41) is 7.00. The molecule has 7 heteroatoms. The molecule has 6 nitrogen and oxygen atoms in total. The number of nitrogens with one attached hydrogen (secondary N) is 2. The van der Waals surface area contributed by atoms with E-state index in [0.29, 0.717) is 12.5 Å². The van der Waals surface area contributed by atoms with Gasteiger partial charge in [0.05, 0.1) is 6.54 Å². The number of anilines is 1. The molecule has 1 aliphatic rings. The fraction of sp³-hybridized carbons (Fsp3) is 0.727. The summed E-state index contributed by atoms with van der Waals surface area (Å²) in [5.74, 6) is 1.27. The number of carbonyl (C=O) groups is 1. The molecule has 2 N–H and O–H groups in total. The standard InChI is InChI=1S/C11H19N5OS/c1-8(2)10-14-11(18-15-10)13-7-9(17)16-5-3-12-4-6-16/h8,12H,3-7H2,1-2H3,(H,13,14,15). The second-order valence-electron chi connectivity index (χ2n) is 4.60. The highest BCUT2D eigenvalue weighted by molar-refractivity contribution is 7.09. The van der Waals surface area contributed by atoms with Gasteiger partial charge < -0.3 is 15.5 Å². The minimum Gasteiger partial charge on any atom is -0.351 e. The number of nitrogens with zero attached hydrogens (tertiary/aromatic N) is 3. The van der Waals surface area contributed by atoms with Gasteiger partial charge in [-0.2, -0.15) is 4.37 Å². The van der Waals surface area contributed by atoms with Gasteiger partial charge in [0.2, 0.25) is 11.0 Å². The van der Waals surface area contributed by atoms with Crippen molar-refractivity contribution in [1.29, 1.82) is 0 Å². The Labute approximate surface area is 111 Å². The summed E-state index contributed by atoms with van der Waals surface area (Å²) in [6, 6.07) is 0. The number of hydrogen-bond acceptors (Lipinski definition) is 6. The molecule has 0 radical (unpaired) electrons. The Hall–Kier alpha value is -1.21. The van der Waals surface area contributed by atoms with Crippen LogP contribution in [0.25, 0.3) is 0 Å². The smallest absolute Gasteiger partial charge is 0.242 e. The Morgan fingerprint density at radius 1 is 1.50 bits per heavy atom. The largest absolute Gasteiger partial charge is 0.351 e. The summed E-state index contributed by atoms with van der Waals surface area (Å²) in [4.78, 5) is 18.1. The van der Waals surface area contributed by atoms with Crippen molar-refractivity contribution in [1.82, 2.24) is 19.6 Å². The van der Waals surface area contributed by atoms with E-state index in [1.165, 1.54) is 11.5 Å². The minimum absolute atomic E-state index is 0.123. The van der Waals surface area contributed by atoms with Crippen molar-refractivity contribution < 1.29 is 4.79 Å². The number of hydrogen-bond donors (Lipinski definition) is 2. The molecule has 1 aliphatic heterocycles. The monoisotopic (exact) mass is 269 g/mol. The van der Waals surface area contributed by atoms with E-state index < -0.39 is 0 Å². The molecule has 0 aliphatic carbocycles. The maximum atomic E-state index is 11.9. The molecule has 1 amide bonds. The van der Waals surface area contributed by atoms with Crippen molar-refractivity contribution in [3.05, 3.63) is 5.82 Å². The van der Waals surface area contributed by atoms with Gasteiger partial charge in [-0.25, -0.2) is 4.98 Å². The summed E-state index contributed by atoms with van der Waals surface area (Å²) in [6.07, 6.45) is 0. The number of rotatable bonds is 4. The lowest BCUT2D eigenvalue weighted by Gasteiger charge is -2.27. The third kappa shape index (κ3) is 3.39. The third-order valence-electron chi connectivity index (χ3n) is 2.82. The summed E-state index contributed by atoms with van der Waals surface area (Å²) < 4.78 is 4.24. The molecule has 1 aromatic rings. The predicted octanol–water partition coefficient (Wildman–Crippen LogP) is 0.505. The van der Waals surface area contributed by atoms with Crippen LogP contribution in [-0.2, 0) is 4.79 Å². The zero-order chi connectivity index (χ0) is 13.0. The van der Waals surface area contributed by atoms with Gasteiger partial charge in [-0.3, -0.25) is 4.79 Å². The molecule has 0 unspecified atom stereocenters. The summed E-state index contributed by atoms with van der Waals surface area (Å²) in [6.45, 7) is 7.73.